The molecule has 0 saturated carbocycles. The van der Waals surface area contributed by atoms with Crippen molar-refractivity contribution in [1.29, 1.82) is 5.41 Å². The molecule has 0 spiro atoms. The van der Waals surface area contributed by atoms with Crippen molar-refractivity contribution in [3.63, 3.8) is 0 Å². The van der Waals surface area contributed by atoms with E-state index in [4.69, 9.17) is 11.1 Å². The molecule has 5 aromatic rings. The lowest BCUT2D eigenvalue weighted by molar-refractivity contribution is 0.899. The average molecular weight is 462 g/mol. The highest BCUT2D eigenvalue weighted by Crippen LogP contribution is 2.31. The van der Waals surface area contributed by atoms with Crippen molar-refractivity contribution < 1.29 is 0 Å². The normalized spacial score (nSPS) is 11.2. The smallest absolute Gasteiger partial charge is 0.132 e. The zero-order valence-corrected chi connectivity index (χ0v) is 19.9. The number of nitrogen functional groups attached to an aromatic ring is 1. The molecule has 1 aromatic carbocycles. The van der Waals surface area contributed by atoms with Crippen LogP contribution in [0, 0.1) is 12.3 Å². The highest BCUT2D eigenvalue weighted by molar-refractivity contribution is 6.15. The maximum absolute atomic E-state index is 8.96. The number of H-pyrrole nitrogens is 1. The summed E-state index contributed by atoms with van der Waals surface area (Å²) in [6, 6.07) is 14.5. The molecular formula is C28H27N7. The van der Waals surface area contributed by atoms with E-state index >= 15 is 0 Å². The third-order valence-electron chi connectivity index (χ3n) is 5.86. The van der Waals surface area contributed by atoms with Crippen molar-refractivity contribution in [3.05, 3.63) is 90.3 Å². The quantitative estimate of drug-likeness (QED) is 0.238. The number of rotatable bonds is 6. The molecule has 0 unspecified atom stereocenters. The summed E-state index contributed by atoms with van der Waals surface area (Å²) in [7, 11) is 0. The Kier molecular flexibility index (Phi) is 5.74. The van der Waals surface area contributed by atoms with E-state index in [2.05, 4.69) is 64.2 Å². The number of hydrogen-bond donors (Lipinski definition) is 4. The molecule has 7 heteroatoms. The van der Waals surface area contributed by atoms with Crippen LogP contribution in [-0.2, 0) is 0 Å². The van der Waals surface area contributed by atoms with E-state index in [9.17, 15) is 0 Å². The van der Waals surface area contributed by atoms with Gasteiger partial charge in [0.05, 0.1) is 23.1 Å². The van der Waals surface area contributed by atoms with Crippen molar-refractivity contribution in [2.75, 3.05) is 11.1 Å². The molecule has 4 heterocycles. The second-order valence-corrected chi connectivity index (χ2v) is 8.99. The molecule has 0 bridgehead atoms. The summed E-state index contributed by atoms with van der Waals surface area (Å²) in [6.45, 7) is 6.30. The number of aryl methyl sites for hydroxylation is 1. The minimum Gasteiger partial charge on any atom is -0.383 e. The first-order valence-electron chi connectivity index (χ1n) is 11.5. The van der Waals surface area contributed by atoms with Crippen LogP contribution in [0.1, 0.15) is 30.7 Å². The molecule has 0 saturated heterocycles. The van der Waals surface area contributed by atoms with Crippen LogP contribution in [0.5, 0.6) is 0 Å². The Morgan fingerprint density at radius 1 is 0.943 bits per heavy atom. The van der Waals surface area contributed by atoms with E-state index in [0.717, 1.165) is 44.4 Å². The largest absolute Gasteiger partial charge is 0.383 e. The van der Waals surface area contributed by atoms with Gasteiger partial charge in [-0.25, -0.2) is 4.98 Å². The number of anilines is 2. The van der Waals surface area contributed by atoms with Gasteiger partial charge in [0.2, 0.25) is 0 Å². The van der Waals surface area contributed by atoms with Gasteiger partial charge in [-0.2, -0.15) is 0 Å². The summed E-state index contributed by atoms with van der Waals surface area (Å²) < 4.78 is 0. The highest BCUT2D eigenvalue weighted by Gasteiger charge is 2.16. The minimum absolute atomic E-state index is 0.280. The van der Waals surface area contributed by atoms with Crippen LogP contribution >= 0.6 is 0 Å². The summed E-state index contributed by atoms with van der Waals surface area (Å²) in [5, 5.41) is 13.4. The third kappa shape index (κ3) is 4.48. The first-order chi connectivity index (χ1) is 16.9. The molecule has 0 aliphatic rings. The Hall–Kier alpha value is -4.52. The van der Waals surface area contributed by atoms with E-state index < -0.39 is 0 Å². The number of aromatic amines is 1. The molecule has 5 N–H and O–H groups in total. The molecule has 0 fully saturated rings. The Labute approximate surface area is 204 Å². The van der Waals surface area contributed by atoms with Crippen LogP contribution in [0.4, 0.5) is 11.5 Å². The molecule has 4 aromatic heterocycles. The predicted octanol–water partition coefficient (Wildman–Crippen LogP) is 5.81. The van der Waals surface area contributed by atoms with Gasteiger partial charge >= 0.3 is 0 Å². The lowest BCUT2D eigenvalue weighted by Gasteiger charge is -2.14. The number of nitrogens with one attached hydrogen (secondary N) is 3. The molecule has 5 rings (SSSR count). The average Bonchev–Trinajstić information content (AvgIpc) is 3.28. The topological polar surface area (TPSA) is 116 Å². The molecule has 7 nitrogen and oxygen atoms in total. The minimum atomic E-state index is 0.280. The van der Waals surface area contributed by atoms with Gasteiger partial charge in [0.25, 0.3) is 0 Å². The SMILES string of the molecule is Cc1cc(NC(C)C)cc(-c2cnc(N)c(C(=N)c3cc4c(-c5ccncc5)cncc4[nH]3)c2)c1. The fourth-order valence-electron chi connectivity index (χ4n) is 4.29. The van der Waals surface area contributed by atoms with E-state index in [1.165, 1.54) is 0 Å². The molecule has 0 amide bonds. The van der Waals surface area contributed by atoms with Crippen molar-refractivity contribution in [2.24, 2.45) is 0 Å². The number of aromatic nitrogens is 4. The summed E-state index contributed by atoms with van der Waals surface area (Å²) in [6.07, 6.45) is 8.88. The summed E-state index contributed by atoms with van der Waals surface area (Å²) >= 11 is 0. The van der Waals surface area contributed by atoms with Crippen LogP contribution in [0.2, 0.25) is 0 Å². The Balaban J connectivity index is 1.55. The van der Waals surface area contributed by atoms with E-state index in [-0.39, 0.29) is 5.71 Å². The third-order valence-corrected chi connectivity index (χ3v) is 5.86. The second-order valence-electron chi connectivity index (χ2n) is 8.99. The van der Waals surface area contributed by atoms with E-state index in [0.29, 0.717) is 23.1 Å². The van der Waals surface area contributed by atoms with Gasteiger partial charge in [-0.1, -0.05) is 6.07 Å². The number of hydrogen-bond acceptors (Lipinski definition) is 6. The van der Waals surface area contributed by atoms with Crippen LogP contribution in [0.15, 0.2) is 73.4 Å². The van der Waals surface area contributed by atoms with Crippen molar-refractivity contribution in [1.82, 2.24) is 19.9 Å². The van der Waals surface area contributed by atoms with Gasteiger partial charge in [0, 0.05) is 58.6 Å². The molecule has 0 atom stereocenters. The maximum atomic E-state index is 8.96. The van der Waals surface area contributed by atoms with Crippen LogP contribution < -0.4 is 11.1 Å². The zero-order chi connectivity index (χ0) is 24.5. The van der Waals surface area contributed by atoms with Gasteiger partial charge in [0.15, 0.2) is 0 Å². The van der Waals surface area contributed by atoms with Gasteiger partial charge in [-0.3, -0.25) is 15.4 Å². The Bertz CT molecular complexity index is 1530. The summed E-state index contributed by atoms with van der Waals surface area (Å²) in [5.41, 5.74) is 14.7. The Morgan fingerprint density at radius 2 is 1.74 bits per heavy atom. The Morgan fingerprint density at radius 3 is 2.51 bits per heavy atom. The maximum Gasteiger partial charge on any atom is 0.132 e. The first-order valence-corrected chi connectivity index (χ1v) is 11.5. The molecule has 0 radical (unpaired) electrons. The number of benzene rings is 1. The lowest BCUT2D eigenvalue weighted by atomic mass is 9.99. The van der Waals surface area contributed by atoms with E-state index in [1.807, 2.05) is 30.5 Å². The molecule has 0 aliphatic heterocycles. The number of nitrogens with zero attached hydrogens (tertiary/aromatic N) is 3. The predicted molar refractivity (Wildman–Crippen MR) is 143 cm³/mol. The summed E-state index contributed by atoms with van der Waals surface area (Å²) in [4.78, 5) is 16.2. The molecule has 0 aliphatic carbocycles. The highest BCUT2D eigenvalue weighted by atomic mass is 14.9. The van der Waals surface area contributed by atoms with Crippen molar-refractivity contribution >= 4 is 28.1 Å². The zero-order valence-electron chi connectivity index (χ0n) is 19.9. The van der Waals surface area contributed by atoms with Crippen LogP contribution in [0.3, 0.4) is 0 Å². The summed E-state index contributed by atoms with van der Waals surface area (Å²) in [5.74, 6) is 0.318. The number of nitrogens with two attached hydrogens (primary N) is 1. The molecule has 35 heavy (non-hydrogen) atoms. The van der Waals surface area contributed by atoms with Crippen molar-refractivity contribution in [3.8, 4) is 22.3 Å². The fraction of sp³-hybridized carbons (Fsp3) is 0.143. The van der Waals surface area contributed by atoms with Crippen LogP contribution in [-0.4, -0.2) is 31.7 Å². The monoisotopic (exact) mass is 461 g/mol. The fourth-order valence-corrected chi connectivity index (χ4v) is 4.29. The van der Waals surface area contributed by atoms with E-state index in [1.54, 1.807) is 24.8 Å². The van der Waals surface area contributed by atoms with Gasteiger partial charge in [-0.05, 0) is 73.9 Å². The van der Waals surface area contributed by atoms with Crippen molar-refractivity contribution in [2.45, 2.75) is 26.8 Å². The van der Waals surface area contributed by atoms with Gasteiger partial charge in [0.1, 0.15) is 5.82 Å². The van der Waals surface area contributed by atoms with Crippen LogP contribution in [0.25, 0.3) is 33.2 Å². The number of fused-ring (bicyclic) bond motifs is 1. The molecular weight excluding hydrogens is 434 g/mol. The second kappa shape index (κ2) is 9.02. The van der Waals surface area contributed by atoms with Gasteiger partial charge < -0.3 is 16.0 Å². The lowest BCUT2D eigenvalue weighted by Crippen LogP contribution is -2.10. The first kappa shape index (κ1) is 22.3. The van der Waals surface area contributed by atoms with Gasteiger partial charge in [-0.15, -0.1) is 0 Å². The standard InChI is InChI=1S/C28H27N7/c1-16(2)34-21-9-17(3)8-19(10-21)20-11-23(28(30)33-13-20)27(29)25-12-22-24(14-32-15-26(22)35-25)18-4-6-31-7-5-18/h4-16,29,34-35H,1-3H3,(H2,30,33). The number of pyridine rings is 3. The molecule has 174 valence electrons.